The summed E-state index contributed by atoms with van der Waals surface area (Å²) in [5.41, 5.74) is 0. The maximum absolute atomic E-state index is 12.5. The van der Waals surface area contributed by atoms with Crippen LogP contribution >= 0.6 is 0 Å². The molecule has 3 unspecified atom stereocenters. The Morgan fingerprint density at radius 3 is 1.02 bits per heavy atom. The predicted molar refractivity (Wildman–Crippen MR) is 287 cm³/mol. The molecule has 1 amide bonds. The van der Waals surface area contributed by atoms with E-state index in [0.29, 0.717) is 6.42 Å². The number of hydrogen-bond donors (Lipinski definition) is 4. The van der Waals surface area contributed by atoms with Crippen molar-refractivity contribution < 1.29 is 20.1 Å². The first kappa shape index (κ1) is 63.3. The molecule has 0 aliphatic carbocycles. The number of rotatable bonds is 53. The highest BCUT2D eigenvalue weighted by molar-refractivity contribution is 5.76. The van der Waals surface area contributed by atoms with Gasteiger partial charge in [0.15, 0.2) is 0 Å². The number of aliphatic hydroxyl groups is 3. The third-order valence-corrected chi connectivity index (χ3v) is 13.3. The molecule has 0 saturated heterocycles. The van der Waals surface area contributed by atoms with E-state index in [1.165, 1.54) is 238 Å². The van der Waals surface area contributed by atoms with Gasteiger partial charge < -0.3 is 20.6 Å². The van der Waals surface area contributed by atoms with Crippen LogP contribution in [0.5, 0.6) is 0 Å². The fraction of sp³-hybridized carbons (Fsp3) is 0.850. The Morgan fingerprint density at radius 1 is 0.385 bits per heavy atom. The fourth-order valence-corrected chi connectivity index (χ4v) is 8.90. The number of nitrogens with one attached hydrogen (secondary N) is 1. The predicted octanol–water partition coefficient (Wildman–Crippen LogP) is 18.0. The molecule has 4 N–H and O–H groups in total. The quantitative estimate of drug-likeness (QED) is 0.0361. The van der Waals surface area contributed by atoms with Crippen molar-refractivity contribution in [2.75, 3.05) is 6.61 Å². The van der Waals surface area contributed by atoms with Crippen molar-refractivity contribution in [2.45, 2.75) is 321 Å². The van der Waals surface area contributed by atoms with Crippen LogP contribution in [0.3, 0.4) is 0 Å². The number of carbonyl (C=O) groups is 1. The Balaban J connectivity index is 3.48. The van der Waals surface area contributed by atoms with Gasteiger partial charge in [0.2, 0.25) is 5.91 Å². The van der Waals surface area contributed by atoms with Crippen molar-refractivity contribution in [1.29, 1.82) is 0 Å². The van der Waals surface area contributed by atoms with Crippen LogP contribution in [-0.4, -0.2) is 46.1 Å². The minimum atomic E-state index is -0.960. The van der Waals surface area contributed by atoms with Crippen LogP contribution in [0.1, 0.15) is 303 Å². The Labute approximate surface area is 406 Å². The average molecular weight is 913 g/mol. The number of amides is 1. The van der Waals surface area contributed by atoms with E-state index in [4.69, 9.17) is 0 Å². The van der Waals surface area contributed by atoms with Crippen molar-refractivity contribution in [3.63, 3.8) is 0 Å². The maximum atomic E-state index is 12.5. The average Bonchev–Trinajstić information content (AvgIpc) is 3.30. The standard InChI is InChI=1S/C60H113NO4/c1-3-5-7-9-11-13-15-17-18-19-20-21-22-23-24-25-26-27-28-29-30-31-32-33-34-35-36-37-38-39-40-42-43-45-47-49-51-53-57(63)55-60(65)61-58(56-62)59(64)54-52-50-48-46-44-41-16-14-12-10-8-6-4-2/h12,14,29-30,44,46,52,54,57-59,62-64H,3-11,13,15-28,31-43,45,47-51,53,55-56H2,1-2H3,(H,61,65)/b14-12+,30-29-,46-44+,54-52+. The van der Waals surface area contributed by atoms with E-state index in [1.54, 1.807) is 6.08 Å². The Hall–Kier alpha value is -1.69. The summed E-state index contributed by atoms with van der Waals surface area (Å²) in [6, 6.07) is -0.767. The lowest BCUT2D eigenvalue weighted by atomic mass is 10.0. The topological polar surface area (TPSA) is 89.8 Å². The van der Waals surface area contributed by atoms with Crippen LogP contribution < -0.4 is 5.32 Å². The van der Waals surface area contributed by atoms with Gasteiger partial charge in [0.05, 0.1) is 31.3 Å². The molecule has 5 heteroatoms. The normalized spacial score (nSPS) is 13.6. The Morgan fingerprint density at radius 2 is 0.662 bits per heavy atom. The van der Waals surface area contributed by atoms with Crippen molar-refractivity contribution in [2.24, 2.45) is 0 Å². The molecule has 0 aromatic heterocycles. The van der Waals surface area contributed by atoms with Crippen LogP contribution in [0.2, 0.25) is 0 Å². The summed E-state index contributed by atoms with van der Waals surface area (Å²) in [5, 5.41) is 33.3. The van der Waals surface area contributed by atoms with Crippen LogP contribution in [-0.2, 0) is 4.79 Å². The zero-order valence-electron chi connectivity index (χ0n) is 43.6. The molecule has 0 spiro atoms. The molecule has 3 atom stereocenters. The lowest BCUT2D eigenvalue weighted by Gasteiger charge is -2.21. The molecule has 5 nitrogen and oxygen atoms in total. The number of allylic oxidation sites excluding steroid dienone is 7. The second-order valence-electron chi connectivity index (χ2n) is 19.9. The molecule has 0 heterocycles. The summed E-state index contributed by atoms with van der Waals surface area (Å²) in [7, 11) is 0. The second-order valence-corrected chi connectivity index (χ2v) is 19.9. The molecule has 0 bridgehead atoms. The zero-order valence-corrected chi connectivity index (χ0v) is 43.6. The van der Waals surface area contributed by atoms with E-state index in [0.717, 1.165) is 38.5 Å². The molecule has 0 aromatic rings. The van der Waals surface area contributed by atoms with E-state index in [2.05, 4.69) is 55.6 Å². The van der Waals surface area contributed by atoms with Gasteiger partial charge in [-0.2, -0.15) is 0 Å². The smallest absolute Gasteiger partial charge is 0.222 e. The van der Waals surface area contributed by atoms with E-state index in [1.807, 2.05) is 6.08 Å². The van der Waals surface area contributed by atoms with E-state index in [-0.39, 0.29) is 18.9 Å². The van der Waals surface area contributed by atoms with Gasteiger partial charge >= 0.3 is 0 Å². The number of hydrogen-bond acceptors (Lipinski definition) is 4. The number of unbranched alkanes of at least 4 members (excludes halogenated alkanes) is 38. The van der Waals surface area contributed by atoms with E-state index >= 15 is 0 Å². The van der Waals surface area contributed by atoms with E-state index < -0.39 is 18.2 Å². The molecule has 0 rings (SSSR count). The van der Waals surface area contributed by atoms with Gasteiger partial charge in [-0.05, 0) is 70.6 Å². The molecule has 0 fully saturated rings. The molecular weight excluding hydrogens is 799 g/mol. The van der Waals surface area contributed by atoms with E-state index in [9.17, 15) is 20.1 Å². The molecule has 382 valence electrons. The summed E-state index contributed by atoms with van der Waals surface area (Å²) in [6.07, 6.45) is 73.3. The summed E-state index contributed by atoms with van der Waals surface area (Å²) >= 11 is 0. The molecule has 0 radical (unpaired) electrons. The molecule has 0 saturated carbocycles. The van der Waals surface area contributed by atoms with Crippen LogP contribution in [0.4, 0.5) is 0 Å². The van der Waals surface area contributed by atoms with Crippen molar-refractivity contribution in [3.05, 3.63) is 48.6 Å². The minimum Gasteiger partial charge on any atom is -0.394 e. The highest BCUT2D eigenvalue weighted by atomic mass is 16.3. The Bertz CT molecular complexity index is 1050. The summed E-state index contributed by atoms with van der Waals surface area (Å²) in [5.74, 6) is -0.328. The first-order valence-corrected chi connectivity index (χ1v) is 28.9. The van der Waals surface area contributed by atoms with Crippen molar-refractivity contribution >= 4 is 5.91 Å². The van der Waals surface area contributed by atoms with Gasteiger partial charge in [0.25, 0.3) is 0 Å². The first-order chi connectivity index (χ1) is 32.0. The number of carbonyl (C=O) groups excluding carboxylic acids is 1. The maximum Gasteiger partial charge on any atom is 0.222 e. The van der Waals surface area contributed by atoms with Gasteiger partial charge in [0.1, 0.15) is 0 Å². The molecule has 0 aromatic carbocycles. The minimum absolute atomic E-state index is 0.00293. The monoisotopic (exact) mass is 912 g/mol. The molecule has 0 aliphatic rings. The molecule has 65 heavy (non-hydrogen) atoms. The van der Waals surface area contributed by atoms with Gasteiger partial charge in [-0.15, -0.1) is 0 Å². The van der Waals surface area contributed by atoms with Gasteiger partial charge in [-0.25, -0.2) is 0 Å². The zero-order chi connectivity index (χ0) is 47.2. The highest BCUT2D eigenvalue weighted by Crippen LogP contribution is 2.17. The summed E-state index contributed by atoms with van der Waals surface area (Å²) in [4.78, 5) is 12.5. The van der Waals surface area contributed by atoms with Gasteiger partial charge in [-0.1, -0.05) is 274 Å². The third kappa shape index (κ3) is 51.5. The summed E-state index contributed by atoms with van der Waals surface area (Å²) in [6.45, 7) is 4.18. The molecule has 0 aliphatic heterocycles. The SMILES string of the molecule is CCCCC/C=C/CC/C=C/CC/C=C/C(O)C(CO)NC(=O)CC(O)CCCCCCCCCCCCCCCCC/C=C\CCCCCCCCCCCCCCCCCCCC. The van der Waals surface area contributed by atoms with Gasteiger partial charge in [0, 0.05) is 0 Å². The van der Waals surface area contributed by atoms with Crippen LogP contribution in [0, 0.1) is 0 Å². The third-order valence-electron chi connectivity index (χ3n) is 13.3. The summed E-state index contributed by atoms with van der Waals surface area (Å²) < 4.78 is 0. The largest absolute Gasteiger partial charge is 0.394 e. The lowest BCUT2D eigenvalue weighted by molar-refractivity contribution is -0.124. The molecular formula is C60H113NO4. The fourth-order valence-electron chi connectivity index (χ4n) is 8.90. The first-order valence-electron chi connectivity index (χ1n) is 28.9. The Kier molecular flexibility index (Phi) is 53.5. The van der Waals surface area contributed by atoms with Crippen LogP contribution in [0.15, 0.2) is 48.6 Å². The van der Waals surface area contributed by atoms with Crippen LogP contribution in [0.25, 0.3) is 0 Å². The lowest BCUT2D eigenvalue weighted by Crippen LogP contribution is -2.45. The van der Waals surface area contributed by atoms with Crippen molar-refractivity contribution in [3.8, 4) is 0 Å². The highest BCUT2D eigenvalue weighted by Gasteiger charge is 2.20. The second kappa shape index (κ2) is 54.9. The number of aliphatic hydroxyl groups excluding tert-OH is 3. The van der Waals surface area contributed by atoms with Gasteiger partial charge in [-0.3, -0.25) is 4.79 Å². The van der Waals surface area contributed by atoms with Crippen molar-refractivity contribution in [1.82, 2.24) is 5.32 Å².